The number of pyridine rings is 2. The lowest BCUT2D eigenvalue weighted by Crippen LogP contribution is -2.41. The summed E-state index contributed by atoms with van der Waals surface area (Å²) in [5.41, 5.74) is 1.52. The zero-order chi connectivity index (χ0) is 17.6. The van der Waals surface area contributed by atoms with Crippen LogP contribution in [-0.2, 0) is 0 Å². The van der Waals surface area contributed by atoms with E-state index in [1.54, 1.807) is 25.4 Å². The Morgan fingerprint density at radius 3 is 2.88 bits per heavy atom. The summed E-state index contributed by atoms with van der Waals surface area (Å²) in [5.74, 6) is 1.47. The van der Waals surface area contributed by atoms with Crippen molar-refractivity contribution in [2.45, 2.75) is 19.8 Å². The highest BCUT2D eigenvalue weighted by molar-refractivity contribution is 5.94. The van der Waals surface area contributed by atoms with Crippen molar-refractivity contribution in [1.29, 1.82) is 0 Å². The van der Waals surface area contributed by atoms with Crippen LogP contribution in [0.15, 0.2) is 36.5 Å². The molecule has 3 rings (SSSR count). The molecule has 0 aliphatic carbocycles. The molecular weight excluding hydrogens is 318 g/mol. The Kier molecular flexibility index (Phi) is 5.48. The first kappa shape index (κ1) is 17.2. The minimum Gasteiger partial charge on any atom is -0.481 e. The number of carbonyl (C=O) groups excluding carboxylic acids is 1. The Balaban J connectivity index is 1.57. The average Bonchev–Trinajstić information content (AvgIpc) is 2.66. The van der Waals surface area contributed by atoms with E-state index in [1.807, 2.05) is 30.0 Å². The summed E-state index contributed by atoms with van der Waals surface area (Å²) in [7, 11) is 1.56. The van der Waals surface area contributed by atoms with Gasteiger partial charge in [-0.15, -0.1) is 0 Å². The topological polar surface area (TPSA) is 64.5 Å². The highest BCUT2D eigenvalue weighted by Crippen LogP contribution is 2.20. The molecule has 1 atom stereocenters. The number of aryl methyl sites for hydroxylation is 1. The van der Waals surface area contributed by atoms with Crippen molar-refractivity contribution in [3.8, 4) is 11.8 Å². The zero-order valence-electron chi connectivity index (χ0n) is 14.6. The van der Waals surface area contributed by atoms with Gasteiger partial charge in [-0.2, -0.15) is 0 Å². The molecule has 0 aromatic carbocycles. The molecule has 1 aliphatic heterocycles. The molecule has 132 valence electrons. The number of aromatic nitrogens is 2. The molecule has 1 aliphatic rings. The largest absolute Gasteiger partial charge is 0.481 e. The van der Waals surface area contributed by atoms with E-state index >= 15 is 0 Å². The fourth-order valence-corrected chi connectivity index (χ4v) is 3.00. The Hall–Kier alpha value is -2.63. The minimum atomic E-state index is 0.00790. The number of ether oxygens (including phenoxy) is 2. The summed E-state index contributed by atoms with van der Waals surface area (Å²) in [6.07, 6.45) is 3.60. The molecule has 2 aromatic rings. The van der Waals surface area contributed by atoms with Crippen LogP contribution in [-0.4, -0.2) is 47.6 Å². The SMILES string of the molecule is COc1ccc(C(=O)N2CCCC(COc3cccc(C)n3)C2)cn1. The van der Waals surface area contributed by atoms with Crippen LogP contribution < -0.4 is 9.47 Å². The standard InChI is InChI=1S/C19H23N3O3/c1-14-5-3-7-18(21-14)25-13-15-6-4-10-22(12-15)19(23)16-8-9-17(24-2)20-11-16/h3,5,7-9,11,15H,4,6,10,12-13H2,1-2H3. The number of likely N-dealkylation sites (tertiary alicyclic amines) is 1. The second-order valence-electron chi connectivity index (χ2n) is 6.28. The minimum absolute atomic E-state index is 0.00790. The first-order chi connectivity index (χ1) is 12.2. The lowest BCUT2D eigenvalue weighted by molar-refractivity contribution is 0.0630. The molecule has 1 unspecified atom stereocenters. The molecule has 2 aromatic heterocycles. The molecule has 0 bridgehead atoms. The smallest absolute Gasteiger partial charge is 0.255 e. The molecule has 3 heterocycles. The maximum absolute atomic E-state index is 12.7. The molecule has 25 heavy (non-hydrogen) atoms. The van der Waals surface area contributed by atoms with Crippen molar-refractivity contribution in [1.82, 2.24) is 14.9 Å². The van der Waals surface area contributed by atoms with Crippen LogP contribution >= 0.6 is 0 Å². The van der Waals surface area contributed by atoms with E-state index in [-0.39, 0.29) is 5.91 Å². The summed E-state index contributed by atoms with van der Waals surface area (Å²) in [6, 6.07) is 9.20. The van der Waals surface area contributed by atoms with Crippen LogP contribution in [0.2, 0.25) is 0 Å². The molecule has 6 nitrogen and oxygen atoms in total. The van der Waals surface area contributed by atoms with E-state index in [0.29, 0.717) is 36.4 Å². The second kappa shape index (κ2) is 7.96. The summed E-state index contributed by atoms with van der Waals surface area (Å²) in [4.78, 5) is 23.0. The van der Waals surface area contributed by atoms with Crippen molar-refractivity contribution in [2.24, 2.45) is 5.92 Å². The fourth-order valence-electron chi connectivity index (χ4n) is 3.00. The molecule has 1 saturated heterocycles. The van der Waals surface area contributed by atoms with Crippen molar-refractivity contribution >= 4 is 5.91 Å². The maximum Gasteiger partial charge on any atom is 0.255 e. The number of hydrogen-bond acceptors (Lipinski definition) is 5. The first-order valence-electron chi connectivity index (χ1n) is 8.51. The van der Waals surface area contributed by atoms with Gasteiger partial charge in [0.15, 0.2) is 0 Å². The van der Waals surface area contributed by atoms with Gasteiger partial charge in [0.05, 0.1) is 19.3 Å². The van der Waals surface area contributed by atoms with E-state index in [1.165, 1.54) is 0 Å². The molecule has 6 heteroatoms. The second-order valence-corrected chi connectivity index (χ2v) is 6.28. The Bertz CT molecular complexity index is 718. The van der Waals surface area contributed by atoms with Crippen LogP contribution in [0.3, 0.4) is 0 Å². The van der Waals surface area contributed by atoms with Crippen LogP contribution in [0.4, 0.5) is 0 Å². The Labute approximate surface area is 147 Å². The lowest BCUT2D eigenvalue weighted by atomic mass is 9.98. The molecule has 1 fully saturated rings. The quantitative estimate of drug-likeness (QED) is 0.837. The van der Waals surface area contributed by atoms with Crippen molar-refractivity contribution in [3.63, 3.8) is 0 Å². The van der Waals surface area contributed by atoms with Gasteiger partial charge in [0.25, 0.3) is 5.91 Å². The number of amides is 1. The van der Waals surface area contributed by atoms with E-state index < -0.39 is 0 Å². The van der Waals surface area contributed by atoms with E-state index in [9.17, 15) is 4.79 Å². The molecular formula is C19H23N3O3. The molecule has 0 spiro atoms. The Morgan fingerprint density at radius 2 is 2.16 bits per heavy atom. The number of piperidine rings is 1. The van der Waals surface area contributed by atoms with Gasteiger partial charge in [-0.3, -0.25) is 4.79 Å². The van der Waals surface area contributed by atoms with Gasteiger partial charge in [0.1, 0.15) is 0 Å². The molecule has 0 saturated carbocycles. The number of nitrogens with zero attached hydrogens (tertiary/aromatic N) is 3. The molecule has 1 amide bonds. The third kappa shape index (κ3) is 4.47. The van der Waals surface area contributed by atoms with Crippen molar-refractivity contribution < 1.29 is 14.3 Å². The Morgan fingerprint density at radius 1 is 1.28 bits per heavy atom. The van der Waals surface area contributed by atoms with Crippen LogP contribution in [0, 0.1) is 12.8 Å². The highest BCUT2D eigenvalue weighted by Gasteiger charge is 2.25. The molecule has 0 radical (unpaired) electrons. The zero-order valence-corrected chi connectivity index (χ0v) is 14.6. The highest BCUT2D eigenvalue weighted by atomic mass is 16.5. The predicted octanol–water partition coefficient (Wildman–Crippen LogP) is 2.72. The summed E-state index contributed by atoms with van der Waals surface area (Å²) >= 11 is 0. The van der Waals surface area contributed by atoms with Gasteiger partial charge in [-0.05, 0) is 31.9 Å². The monoisotopic (exact) mass is 341 g/mol. The van der Waals surface area contributed by atoms with E-state index in [0.717, 1.165) is 25.1 Å². The number of hydrogen-bond donors (Lipinski definition) is 0. The summed E-state index contributed by atoms with van der Waals surface area (Å²) in [5, 5.41) is 0. The van der Waals surface area contributed by atoms with Gasteiger partial charge in [0, 0.05) is 43.0 Å². The normalized spacial score (nSPS) is 17.2. The third-order valence-electron chi connectivity index (χ3n) is 4.33. The van der Waals surface area contributed by atoms with Crippen LogP contribution in [0.1, 0.15) is 28.9 Å². The van der Waals surface area contributed by atoms with Gasteiger partial charge in [-0.1, -0.05) is 6.07 Å². The number of rotatable bonds is 5. The van der Waals surface area contributed by atoms with Gasteiger partial charge in [-0.25, -0.2) is 9.97 Å². The number of methoxy groups -OCH3 is 1. The van der Waals surface area contributed by atoms with Crippen molar-refractivity contribution in [2.75, 3.05) is 26.8 Å². The van der Waals surface area contributed by atoms with Gasteiger partial charge < -0.3 is 14.4 Å². The van der Waals surface area contributed by atoms with Crippen LogP contribution in [0.25, 0.3) is 0 Å². The van der Waals surface area contributed by atoms with Crippen LogP contribution in [0.5, 0.6) is 11.8 Å². The fraction of sp³-hybridized carbons (Fsp3) is 0.421. The van der Waals surface area contributed by atoms with E-state index in [2.05, 4.69) is 9.97 Å². The van der Waals surface area contributed by atoms with Gasteiger partial charge in [0.2, 0.25) is 11.8 Å². The first-order valence-corrected chi connectivity index (χ1v) is 8.51. The lowest BCUT2D eigenvalue weighted by Gasteiger charge is -2.32. The average molecular weight is 341 g/mol. The predicted molar refractivity (Wildman–Crippen MR) is 93.9 cm³/mol. The molecule has 0 N–H and O–H groups in total. The van der Waals surface area contributed by atoms with E-state index in [4.69, 9.17) is 9.47 Å². The third-order valence-corrected chi connectivity index (χ3v) is 4.33. The summed E-state index contributed by atoms with van der Waals surface area (Å²) in [6.45, 7) is 3.97. The maximum atomic E-state index is 12.7. The number of carbonyl (C=O) groups is 1. The van der Waals surface area contributed by atoms with Crippen molar-refractivity contribution in [3.05, 3.63) is 47.8 Å². The summed E-state index contributed by atoms with van der Waals surface area (Å²) < 4.78 is 10.8. The van der Waals surface area contributed by atoms with Gasteiger partial charge >= 0.3 is 0 Å².